The van der Waals surface area contributed by atoms with E-state index in [1.54, 1.807) is 0 Å². The van der Waals surface area contributed by atoms with Gasteiger partial charge >= 0.3 is 0 Å². The first-order chi connectivity index (χ1) is 27.3. The van der Waals surface area contributed by atoms with Crippen molar-refractivity contribution in [1.29, 1.82) is 0 Å². The van der Waals surface area contributed by atoms with E-state index in [9.17, 15) is 0 Å². The lowest BCUT2D eigenvalue weighted by Crippen LogP contribution is -2.52. The van der Waals surface area contributed by atoms with Crippen molar-refractivity contribution in [2.45, 2.75) is 286 Å². The Morgan fingerprint density at radius 3 is 0.638 bits per heavy atom. The first-order valence-corrected chi connectivity index (χ1v) is 25.8. The van der Waals surface area contributed by atoms with Crippen LogP contribution in [0.2, 0.25) is 0 Å². The van der Waals surface area contributed by atoms with Crippen molar-refractivity contribution in [2.75, 3.05) is 52.4 Å². The molecule has 0 spiro atoms. The summed E-state index contributed by atoms with van der Waals surface area (Å²) >= 11 is 0. The lowest BCUT2D eigenvalue weighted by atomic mass is 9.83. The van der Waals surface area contributed by atoms with Crippen LogP contribution in [0.5, 0.6) is 0 Å². The minimum Gasteiger partial charge on any atom is -0.301 e. The average Bonchev–Trinajstić information content (AvgIpc) is 3.68. The topological polar surface area (TPSA) is 19.4 Å². The van der Waals surface area contributed by atoms with Crippen LogP contribution in [0.4, 0.5) is 0 Å². The summed E-state index contributed by atoms with van der Waals surface area (Å²) in [5.74, 6) is 0. The molecule has 0 aromatic heterocycles. The van der Waals surface area contributed by atoms with E-state index in [0.717, 1.165) is 60.4 Å². The zero-order valence-electron chi connectivity index (χ0n) is 41.0. The van der Waals surface area contributed by atoms with Gasteiger partial charge in [-0.05, 0) is 232 Å². The van der Waals surface area contributed by atoms with Gasteiger partial charge in [-0.3, -0.25) is 9.80 Å². The molecular formula is C52H108N6. The lowest BCUT2D eigenvalue weighted by Gasteiger charge is -2.48. The van der Waals surface area contributed by atoms with Crippen LogP contribution in [0.3, 0.4) is 0 Å². The monoisotopic (exact) mass is 817 g/mol. The molecule has 6 nitrogen and oxygen atoms in total. The number of likely N-dealkylation sites (tertiary alicyclic amines) is 4. The standard InChI is InChI=1S/C11H21N.C10H19N.C9H19N.C8H17N.C7H15N.C6H13N.CH4/c1-9(2)12-10-5-3-6-11(12)8-4-7-10;1-8(2)11-9-4-3-5-10(11)7-6-9;1-9(2)10-7-5-3-4-6-8-10;1-8(2)9-6-4-3-5-7-9;1-7(2)8-5-3-4-6-8;1-6(2)7-4-3-5-7;/h9-11H,3-8H2,1-2H3;8-10H,3-7H2,1-2H3;9H,3-8H2,1-2H3;8H,3-7H2,1-2H3;7H,3-6H2,1-2H3;6H,3-5H2,1-2H3;1H4. The molecule has 346 valence electrons. The fraction of sp³-hybridized carbons (Fsp3) is 1.00. The molecule has 8 rings (SSSR count). The first-order valence-electron chi connectivity index (χ1n) is 25.8. The zero-order chi connectivity index (χ0) is 41.7. The van der Waals surface area contributed by atoms with Crippen LogP contribution < -0.4 is 0 Å². The summed E-state index contributed by atoms with van der Waals surface area (Å²) in [7, 11) is 0. The fourth-order valence-corrected chi connectivity index (χ4v) is 11.4. The van der Waals surface area contributed by atoms with Gasteiger partial charge in [0.1, 0.15) is 0 Å². The maximum absolute atomic E-state index is 2.78. The average molecular weight is 817 g/mol. The van der Waals surface area contributed by atoms with Crippen molar-refractivity contribution in [3.05, 3.63) is 0 Å². The molecule has 0 amide bonds. The Morgan fingerprint density at radius 1 is 0.241 bits per heavy atom. The van der Waals surface area contributed by atoms with Crippen molar-refractivity contribution in [2.24, 2.45) is 0 Å². The summed E-state index contributed by atoms with van der Waals surface area (Å²) in [4.78, 5) is 15.7. The second kappa shape index (κ2) is 30.0. The molecule has 8 aliphatic heterocycles. The normalized spacial score (nSPS) is 28.4. The minimum absolute atomic E-state index is 0. The molecule has 8 fully saturated rings. The van der Waals surface area contributed by atoms with E-state index in [-0.39, 0.29) is 7.43 Å². The third-order valence-corrected chi connectivity index (χ3v) is 14.9. The highest BCUT2D eigenvalue weighted by Gasteiger charge is 2.37. The molecule has 4 bridgehead atoms. The molecule has 58 heavy (non-hydrogen) atoms. The van der Waals surface area contributed by atoms with Crippen LogP contribution in [0, 0.1) is 0 Å². The molecule has 8 heterocycles. The van der Waals surface area contributed by atoms with Gasteiger partial charge in [-0.1, -0.05) is 46.0 Å². The van der Waals surface area contributed by atoms with E-state index in [1.165, 1.54) is 187 Å². The molecule has 0 aromatic rings. The van der Waals surface area contributed by atoms with E-state index in [2.05, 4.69) is 112 Å². The number of hydrogen-bond acceptors (Lipinski definition) is 6. The summed E-state index contributed by atoms with van der Waals surface area (Å²) in [6, 6.07) is 8.44. The Hall–Kier alpha value is -0.240. The molecule has 8 aliphatic rings. The van der Waals surface area contributed by atoms with Crippen LogP contribution in [0.1, 0.15) is 225 Å². The van der Waals surface area contributed by atoms with Crippen molar-refractivity contribution in [3.8, 4) is 0 Å². The van der Waals surface area contributed by atoms with Crippen LogP contribution in [-0.2, 0) is 0 Å². The van der Waals surface area contributed by atoms with Gasteiger partial charge in [-0.2, -0.15) is 0 Å². The third kappa shape index (κ3) is 19.4. The highest BCUT2D eigenvalue weighted by molar-refractivity contribution is 4.93. The molecular weight excluding hydrogens is 709 g/mol. The maximum atomic E-state index is 2.78. The Kier molecular flexibility index (Phi) is 27.8. The van der Waals surface area contributed by atoms with Crippen LogP contribution >= 0.6 is 0 Å². The maximum Gasteiger partial charge on any atom is 0.0101 e. The lowest BCUT2D eigenvalue weighted by molar-refractivity contribution is 0.0140. The van der Waals surface area contributed by atoms with Gasteiger partial charge < -0.3 is 19.6 Å². The predicted octanol–water partition coefficient (Wildman–Crippen LogP) is 12.6. The molecule has 2 atom stereocenters. The highest BCUT2D eigenvalue weighted by atomic mass is 15.2. The van der Waals surface area contributed by atoms with Crippen LogP contribution in [0.25, 0.3) is 0 Å². The molecule has 0 radical (unpaired) electrons. The first kappa shape index (κ1) is 53.9. The molecule has 0 aromatic carbocycles. The summed E-state index contributed by atoms with van der Waals surface area (Å²) in [5, 5.41) is 0. The molecule has 6 heteroatoms. The Balaban J connectivity index is 0.000000241. The Bertz CT molecular complexity index is 919. The van der Waals surface area contributed by atoms with Crippen molar-refractivity contribution < 1.29 is 0 Å². The Labute approximate surface area is 366 Å². The van der Waals surface area contributed by atoms with Gasteiger partial charge in [0, 0.05) is 60.4 Å². The number of piperidine rings is 4. The van der Waals surface area contributed by atoms with Gasteiger partial charge in [0.05, 0.1) is 0 Å². The van der Waals surface area contributed by atoms with E-state index in [4.69, 9.17) is 0 Å². The van der Waals surface area contributed by atoms with E-state index in [0.29, 0.717) is 0 Å². The third-order valence-electron chi connectivity index (χ3n) is 14.9. The van der Waals surface area contributed by atoms with Gasteiger partial charge in [0.25, 0.3) is 0 Å². The summed E-state index contributed by atoms with van der Waals surface area (Å²) < 4.78 is 0. The molecule has 2 unspecified atom stereocenters. The molecule has 0 N–H and O–H groups in total. The molecule has 8 saturated heterocycles. The molecule has 0 saturated carbocycles. The van der Waals surface area contributed by atoms with Crippen molar-refractivity contribution >= 4 is 0 Å². The number of hydrogen-bond donors (Lipinski definition) is 0. The SMILES string of the molecule is C.CC(C)N1C2CCCC1CC2.CC(C)N1C2CCCC1CCC2.CC(C)N1CCC1.CC(C)N1CCCC1.CC(C)N1CCCCC1.CC(C)N1CCCCCC1. The van der Waals surface area contributed by atoms with E-state index < -0.39 is 0 Å². The van der Waals surface area contributed by atoms with Gasteiger partial charge in [-0.15, -0.1) is 0 Å². The predicted molar refractivity (Wildman–Crippen MR) is 260 cm³/mol. The number of nitrogens with zero attached hydrogens (tertiary/aromatic N) is 6. The summed E-state index contributed by atoms with van der Waals surface area (Å²) in [5.41, 5.74) is 0. The van der Waals surface area contributed by atoms with Gasteiger partial charge in [0.15, 0.2) is 0 Å². The van der Waals surface area contributed by atoms with Crippen molar-refractivity contribution in [1.82, 2.24) is 29.4 Å². The van der Waals surface area contributed by atoms with E-state index >= 15 is 0 Å². The van der Waals surface area contributed by atoms with E-state index in [1.807, 2.05) is 0 Å². The summed E-state index contributed by atoms with van der Waals surface area (Å²) in [6.45, 7) is 38.2. The van der Waals surface area contributed by atoms with Gasteiger partial charge in [-0.25, -0.2) is 0 Å². The molecule has 0 aliphatic carbocycles. The van der Waals surface area contributed by atoms with Crippen LogP contribution in [-0.4, -0.2) is 142 Å². The zero-order valence-corrected chi connectivity index (χ0v) is 41.0. The van der Waals surface area contributed by atoms with Crippen LogP contribution in [0.15, 0.2) is 0 Å². The largest absolute Gasteiger partial charge is 0.301 e. The number of rotatable bonds is 6. The number of fused-ring (bicyclic) bond motifs is 4. The Morgan fingerprint density at radius 2 is 0.448 bits per heavy atom. The second-order valence-electron chi connectivity index (χ2n) is 21.1. The smallest absolute Gasteiger partial charge is 0.0101 e. The minimum atomic E-state index is 0. The fourth-order valence-electron chi connectivity index (χ4n) is 11.4. The van der Waals surface area contributed by atoms with Gasteiger partial charge in [0.2, 0.25) is 0 Å². The second-order valence-corrected chi connectivity index (χ2v) is 21.1. The summed E-state index contributed by atoms with van der Waals surface area (Å²) in [6.07, 6.45) is 30.5. The van der Waals surface area contributed by atoms with Crippen molar-refractivity contribution in [3.63, 3.8) is 0 Å². The quantitative estimate of drug-likeness (QED) is 0.264. The highest BCUT2D eigenvalue weighted by Crippen LogP contribution is 2.37.